The minimum atomic E-state index is 0.333. The topological polar surface area (TPSA) is 49.9 Å². The van der Waals surface area contributed by atoms with Gasteiger partial charge in [-0.3, -0.25) is 5.10 Å². The lowest BCUT2D eigenvalue weighted by Crippen LogP contribution is -2.50. The number of H-pyrrole nitrogens is 1. The Kier molecular flexibility index (Phi) is 1.77. The zero-order valence-corrected chi connectivity index (χ0v) is 7.35. The number of aromatic nitrogens is 2. The summed E-state index contributed by atoms with van der Waals surface area (Å²) in [5.41, 5.74) is 1.96. The van der Waals surface area contributed by atoms with Crippen LogP contribution >= 0.6 is 0 Å². The monoisotopic (exact) mass is 167 g/mol. The van der Waals surface area contributed by atoms with E-state index in [1.165, 1.54) is 0 Å². The molecule has 4 heteroatoms. The SMILES string of the molecule is Cc1n[nH]c(C)c1OC1CNC1. The number of nitrogens with one attached hydrogen (secondary N) is 2. The van der Waals surface area contributed by atoms with Crippen LogP contribution < -0.4 is 10.1 Å². The molecule has 0 amide bonds. The zero-order chi connectivity index (χ0) is 8.55. The molecule has 1 aromatic rings. The predicted octanol–water partition coefficient (Wildman–Crippen LogP) is 0.377. The van der Waals surface area contributed by atoms with Crippen LogP contribution in [0.3, 0.4) is 0 Å². The molecule has 0 atom stereocenters. The van der Waals surface area contributed by atoms with Crippen molar-refractivity contribution in [2.24, 2.45) is 0 Å². The highest BCUT2D eigenvalue weighted by molar-refractivity contribution is 5.31. The van der Waals surface area contributed by atoms with Gasteiger partial charge in [0.05, 0.1) is 5.69 Å². The van der Waals surface area contributed by atoms with E-state index in [2.05, 4.69) is 15.5 Å². The summed E-state index contributed by atoms with van der Waals surface area (Å²) in [5, 5.41) is 10.1. The molecule has 0 radical (unpaired) electrons. The van der Waals surface area contributed by atoms with E-state index in [1.54, 1.807) is 0 Å². The Morgan fingerprint density at radius 3 is 2.58 bits per heavy atom. The Hall–Kier alpha value is -1.03. The van der Waals surface area contributed by atoms with E-state index in [-0.39, 0.29) is 0 Å². The minimum absolute atomic E-state index is 0.333. The van der Waals surface area contributed by atoms with Gasteiger partial charge in [-0.1, -0.05) is 0 Å². The van der Waals surface area contributed by atoms with Gasteiger partial charge in [-0.25, -0.2) is 0 Å². The van der Waals surface area contributed by atoms with Crippen molar-refractivity contribution in [1.82, 2.24) is 15.5 Å². The van der Waals surface area contributed by atoms with Gasteiger partial charge in [0.25, 0.3) is 0 Å². The first-order valence-electron chi connectivity index (χ1n) is 4.16. The molecule has 0 aromatic carbocycles. The highest BCUT2D eigenvalue weighted by Gasteiger charge is 2.20. The van der Waals surface area contributed by atoms with Gasteiger partial charge in [0.1, 0.15) is 11.8 Å². The van der Waals surface area contributed by atoms with Crippen LogP contribution in [0, 0.1) is 13.8 Å². The maximum absolute atomic E-state index is 5.70. The third kappa shape index (κ3) is 1.18. The molecule has 1 aliphatic heterocycles. The highest BCUT2D eigenvalue weighted by atomic mass is 16.5. The second-order valence-corrected chi connectivity index (χ2v) is 3.16. The second-order valence-electron chi connectivity index (χ2n) is 3.16. The summed E-state index contributed by atoms with van der Waals surface area (Å²) in [6, 6.07) is 0. The molecule has 0 aliphatic carbocycles. The number of ether oxygens (including phenoxy) is 1. The van der Waals surface area contributed by atoms with E-state index in [0.717, 1.165) is 30.2 Å². The zero-order valence-electron chi connectivity index (χ0n) is 7.35. The van der Waals surface area contributed by atoms with Crippen molar-refractivity contribution < 1.29 is 4.74 Å². The lowest BCUT2D eigenvalue weighted by molar-refractivity contribution is 0.140. The van der Waals surface area contributed by atoms with Crippen LogP contribution in [0.4, 0.5) is 0 Å². The van der Waals surface area contributed by atoms with E-state index in [1.807, 2.05) is 13.8 Å². The molecule has 66 valence electrons. The van der Waals surface area contributed by atoms with Crippen molar-refractivity contribution in [3.63, 3.8) is 0 Å². The molecule has 1 saturated heterocycles. The summed E-state index contributed by atoms with van der Waals surface area (Å²) in [7, 11) is 0. The van der Waals surface area contributed by atoms with Gasteiger partial charge in [0.2, 0.25) is 0 Å². The van der Waals surface area contributed by atoms with E-state index < -0.39 is 0 Å². The standard InChI is InChI=1S/C8H13N3O/c1-5-8(6(2)11-10-5)12-7-3-9-4-7/h7,9H,3-4H2,1-2H3,(H,10,11). The average Bonchev–Trinajstić information content (AvgIpc) is 2.25. The average molecular weight is 167 g/mol. The number of hydrogen-bond acceptors (Lipinski definition) is 3. The molecule has 2 rings (SSSR count). The summed E-state index contributed by atoms with van der Waals surface area (Å²) in [5.74, 6) is 0.918. The molecule has 0 unspecified atom stereocenters. The van der Waals surface area contributed by atoms with E-state index in [0.29, 0.717) is 6.10 Å². The smallest absolute Gasteiger partial charge is 0.163 e. The molecule has 1 aromatic heterocycles. The third-order valence-electron chi connectivity index (χ3n) is 2.09. The van der Waals surface area contributed by atoms with Crippen LogP contribution in [-0.2, 0) is 0 Å². The fraction of sp³-hybridized carbons (Fsp3) is 0.625. The molecular formula is C8H13N3O. The van der Waals surface area contributed by atoms with Crippen molar-refractivity contribution in [3.8, 4) is 5.75 Å². The van der Waals surface area contributed by atoms with Gasteiger partial charge in [0, 0.05) is 13.1 Å². The number of nitrogens with zero attached hydrogens (tertiary/aromatic N) is 1. The van der Waals surface area contributed by atoms with Crippen molar-refractivity contribution >= 4 is 0 Å². The second kappa shape index (κ2) is 2.79. The normalized spacial score (nSPS) is 17.5. The molecule has 2 heterocycles. The maximum Gasteiger partial charge on any atom is 0.163 e. The Balaban J connectivity index is 2.10. The van der Waals surface area contributed by atoms with Gasteiger partial charge in [-0.15, -0.1) is 0 Å². The van der Waals surface area contributed by atoms with Crippen LogP contribution in [0.2, 0.25) is 0 Å². The lowest BCUT2D eigenvalue weighted by atomic mass is 10.2. The third-order valence-corrected chi connectivity index (χ3v) is 2.09. The largest absolute Gasteiger partial charge is 0.484 e. The summed E-state index contributed by atoms with van der Waals surface area (Å²) >= 11 is 0. The maximum atomic E-state index is 5.70. The van der Waals surface area contributed by atoms with Crippen LogP contribution in [0.5, 0.6) is 5.75 Å². The summed E-state index contributed by atoms with van der Waals surface area (Å²) < 4.78 is 5.70. The van der Waals surface area contributed by atoms with Crippen molar-refractivity contribution in [3.05, 3.63) is 11.4 Å². The summed E-state index contributed by atoms with van der Waals surface area (Å²) in [6.45, 7) is 5.82. The van der Waals surface area contributed by atoms with Gasteiger partial charge in [0.15, 0.2) is 5.75 Å². The van der Waals surface area contributed by atoms with Crippen LogP contribution in [-0.4, -0.2) is 29.4 Å². The van der Waals surface area contributed by atoms with Gasteiger partial charge >= 0.3 is 0 Å². The van der Waals surface area contributed by atoms with E-state index >= 15 is 0 Å². The Labute approximate surface area is 71.3 Å². The lowest BCUT2D eigenvalue weighted by Gasteiger charge is -2.27. The summed E-state index contributed by atoms with van der Waals surface area (Å²) in [6.07, 6.45) is 0.333. The minimum Gasteiger partial charge on any atom is -0.484 e. The first-order valence-corrected chi connectivity index (χ1v) is 4.16. The van der Waals surface area contributed by atoms with Crippen molar-refractivity contribution in [2.45, 2.75) is 20.0 Å². The fourth-order valence-corrected chi connectivity index (χ4v) is 1.23. The predicted molar refractivity (Wildman–Crippen MR) is 45.3 cm³/mol. The highest BCUT2D eigenvalue weighted by Crippen LogP contribution is 2.21. The van der Waals surface area contributed by atoms with Crippen LogP contribution in [0.15, 0.2) is 0 Å². The van der Waals surface area contributed by atoms with Crippen molar-refractivity contribution in [2.75, 3.05) is 13.1 Å². The molecule has 4 nitrogen and oxygen atoms in total. The van der Waals surface area contributed by atoms with Crippen LogP contribution in [0.25, 0.3) is 0 Å². The van der Waals surface area contributed by atoms with E-state index in [9.17, 15) is 0 Å². The number of hydrogen-bond donors (Lipinski definition) is 2. The Bertz CT molecular complexity index is 258. The summed E-state index contributed by atoms with van der Waals surface area (Å²) in [4.78, 5) is 0. The molecule has 1 fully saturated rings. The Morgan fingerprint density at radius 1 is 1.42 bits per heavy atom. The Morgan fingerprint density at radius 2 is 2.17 bits per heavy atom. The quantitative estimate of drug-likeness (QED) is 0.669. The molecule has 2 N–H and O–H groups in total. The van der Waals surface area contributed by atoms with Gasteiger partial charge in [-0.2, -0.15) is 5.10 Å². The molecule has 0 bridgehead atoms. The first-order chi connectivity index (χ1) is 5.77. The molecule has 12 heavy (non-hydrogen) atoms. The van der Waals surface area contributed by atoms with Gasteiger partial charge < -0.3 is 10.1 Å². The number of rotatable bonds is 2. The fourth-order valence-electron chi connectivity index (χ4n) is 1.23. The number of aromatic amines is 1. The number of aryl methyl sites for hydroxylation is 2. The molecule has 0 saturated carbocycles. The first kappa shape index (κ1) is 7.61. The van der Waals surface area contributed by atoms with Crippen LogP contribution in [0.1, 0.15) is 11.4 Å². The molecular weight excluding hydrogens is 154 g/mol. The molecule has 0 spiro atoms. The van der Waals surface area contributed by atoms with Gasteiger partial charge in [-0.05, 0) is 13.8 Å². The molecule has 1 aliphatic rings. The van der Waals surface area contributed by atoms with Crippen molar-refractivity contribution in [1.29, 1.82) is 0 Å². The van der Waals surface area contributed by atoms with E-state index in [4.69, 9.17) is 4.74 Å².